The molecule has 2 aliphatic rings. The zero-order valence-corrected chi connectivity index (χ0v) is 16.8. The number of rotatable bonds is 3. The third kappa shape index (κ3) is 3.55. The Balaban J connectivity index is 1.34. The number of hydrogen-bond donors (Lipinski definition) is 0. The van der Waals surface area contributed by atoms with Crippen LogP contribution in [0.25, 0.3) is 5.78 Å². The molecule has 2 aliphatic heterocycles. The Morgan fingerprint density at radius 2 is 1.52 bits per heavy atom. The van der Waals surface area contributed by atoms with E-state index >= 15 is 0 Å². The van der Waals surface area contributed by atoms with Crippen LogP contribution in [0.3, 0.4) is 0 Å². The zero-order chi connectivity index (χ0) is 19.8. The van der Waals surface area contributed by atoms with Gasteiger partial charge in [-0.3, -0.25) is 0 Å². The van der Waals surface area contributed by atoms with Crippen molar-refractivity contribution in [2.75, 3.05) is 67.2 Å². The standard InChI is InChI=1S/C19H25N9O/c1-14-11-16(24-19(23-14)27-7-9-29-10-8-27)25-3-5-26(6-4-25)17-12-15(2)22-18-20-13-21-28(17)18/h11-13H,3-10H2,1-2H3. The summed E-state index contributed by atoms with van der Waals surface area (Å²) >= 11 is 0. The third-order valence-electron chi connectivity index (χ3n) is 5.41. The molecule has 10 nitrogen and oxygen atoms in total. The highest BCUT2D eigenvalue weighted by Crippen LogP contribution is 2.22. The van der Waals surface area contributed by atoms with E-state index < -0.39 is 0 Å². The second kappa shape index (κ2) is 7.43. The third-order valence-corrected chi connectivity index (χ3v) is 5.41. The highest BCUT2D eigenvalue weighted by molar-refractivity contribution is 5.51. The predicted molar refractivity (Wildman–Crippen MR) is 110 cm³/mol. The molecule has 0 saturated carbocycles. The average molecular weight is 395 g/mol. The average Bonchev–Trinajstić information content (AvgIpc) is 3.22. The number of aryl methyl sites for hydroxylation is 2. The first-order chi connectivity index (χ1) is 14.2. The number of piperazine rings is 1. The number of ether oxygens (including phenoxy) is 1. The van der Waals surface area contributed by atoms with E-state index in [9.17, 15) is 0 Å². The molecule has 0 radical (unpaired) electrons. The maximum atomic E-state index is 5.46. The molecule has 0 atom stereocenters. The highest BCUT2D eigenvalue weighted by atomic mass is 16.5. The smallest absolute Gasteiger partial charge is 0.254 e. The van der Waals surface area contributed by atoms with Crippen molar-refractivity contribution < 1.29 is 4.74 Å². The van der Waals surface area contributed by atoms with Crippen molar-refractivity contribution in [3.63, 3.8) is 0 Å². The van der Waals surface area contributed by atoms with E-state index in [1.165, 1.54) is 0 Å². The molecular weight excluding hydrogens is 370 g/mol. The second-order valence-electron chi connectivity index (χ2n) is 7.47. The van der Waals surface area contributed by atoms with Crippen LogP contribution in [-0.2, 0) is 4.74 Å². The van der Waals surface area contributed by atoms with Gasteiger partial charge in [0.25, 0.3) is 5.78 Å². The van der Waals surface area contributed by atoms with E-state index in [1.807, 2.05) is 18.4 Å². The Bertz CT molecular complexity index is 1010. The number of anilines is 3. The van der Waals surface area contributed by atoms with E-state index in [0.717, 1.165) is 81.5 Å². The highest BCUT2D eigenvalue weighted by Gasteiger charge is 2.23. The van der Waals surface area contributed by atoms with Crippen molar-refractivity contribution in [2.24, 2.45) is 0 Å². The van der Waals surface area contributed by atoms with Crippen LogP contribution in [0.15, 0.2) is 18.5 Å². The molecule has 0 aliphatic carbocycles. The SMILES string of the molecule is Cc1cc(N2CCN(c3cc(C)nc4ncnn34)CC2)nc(N2CCOCC2)n1. The molecule has 0 bridgehead atoms. The first-order valence-corrected chi connectivity index (χ1v) is 10.0. The van der Waals surface area contributed by atoms with E-state index in [0.29, 0.717) is 5.78 Å². The van der Waals surface area contributed by atoms with Crippen LogP contribution >= 0.6 is 0 Å². The molecular formula is C19H25N9O. The van der Waals surface area contributed by atoms with E-state index in [2.05, 4.69) is 46.9 Å². The van der Waals surface area contributed by atoms with E-state index in [4.69, 9.17) is 9.72 Å². The minimum atomic E-state index is 0.643. The quantitative estimate of drug-likeness (QED) is 0.636. The molecule has 3 aromatic rings. The van der Waals surface area contributed by atoms with Crippen molar-refractivity contribution in [3.05, 3.63) is 29.8 Å². The maximum Gasteiger partial charge on any atom is 0.254 e. The molecule has 2 saturated heterocycles. The number of hydrogen-bond acceptors (Lipinski definition) is 9. The molecule has 0 aromatic carbocycles. The van der Waals surface area contributed by atoms with E-state index in [1.54, 1.807) is 6.33 Å². The van der Waals surface area contributed by atoms with Crippen LogP contribution in [0.5, 0.6) is 0 Å². The molecule has 29 heavy (non-hydrogen) atoms. The lowest BCUT2D eigenvalue weighted by Crippen LogP contribution is -2.47. The lowest BCUT2D eigenvalue weighted by atomic mass is 10.3. The number of aromatic nitrogens is 6. The summed E-state index contributed by atoms with van der Waals surface area (Å²) in [5, 5.41) is 4.34. The van der Waals surface area contributed by atoms with Gasteiger partial charge in [-0.1, -0.05) is 0 Å². The van der Waals surface area contributed by atoms with Crippen LogP contribution in [0, 0.1) is 13.8 Å². The molecule has 5 rings (SSSR count). The molecule has 5 heterocycles. The summed E-state index contributed by atoms with van der Waals surface area (Å²) in [4.78, 5) is 25.1. The summed E-state index contributed by atoms with van der Waals surface area (Å²) in [6, 6.07) is 4.15. The van der Waals surface area contributed by atoms with Gasteiger partial charge >= 0.3 is 0 Å². The summed E-state index contributed by atoms with van der Waals surface area (Å²) < 4.78 is 7.27. The summed E-state index contributed by atoms with van der Waals surface area (Å²) in [5.74, 6) is 3.48. The molecule has 0 unspecified atom stereocenters. The monoisotopic (exact) mass is 395 g/mol. The fourth-order valence-electron chi connectivity index (χ4n) is 3.90. The Hall–Kier alpha value is -3.01. The van der Waals surface area contributed by atoms with Gasteiger partial charge in [-0.05, 0) is 13.8 Å². The van der Waals surface area contributed by atoms with Gasteiger partial charge in [0.1, 0.15) is 18.0 Å². The van der Waals surface area contributed by atoms with Crippen molar-refractivity contribution in [1.82, 2.24) is 29.5 Å². The van der Waals surface area contributed by atoms with Gasteiger partial charge in [0.05, 0.1) is 13.2 Å². The topological polar surface area (TPSA) is 87.8 Å². The predicted octanol–water partition coefficient (Wildman–Crippen LogP) is 0.694. The molecule has 10 heteroatoms. The molecule has 2 fully saturated rings. The van der Waals surface area contributed by atoms with Gasteiger partial charge in [-0.2, -0.15) is 19.6 Å². The molecule has 0 spiro atoms. The fourth-order valence-corrected chi connectivity index (χ4v) is 3.90. The summed E-state index contributed by atoms with van der Waals surface area (Å²) in [7, 11) is 0. The maximum absolute atomic E-state index is 5.46. The van der Waals surface area contributed by atoms with Gasteiger partial charge in [0, 0.05) is 62.8 Å². The largest absolute Gasteiger partial charge is 0.378 e. The number of fused-ring (bicyclic) bond motifs is 1. The summed E-state index contributed by atoms with van der Waals surface area (Å²) in [6.45, 7) is 10.7. The number of morpholine rings is 1. The van der Waals surface area contributed by atoms with E-state index in [-0.39, 0.29) is 0 Å². The first kappa shape index (κ1) is 18.0. The number of nitrogens with zero attached hydrogens (tertiary/aromatic N) is 9. The van der Waals surface area contributed by atoms with Gasteiger partial charge in [-0.15, -0.1) is 0 Å². The molecule has 152 valence electrons. The van der Waals surface area contributed by atoms with Gasteiger partial charge < -0.3 is 19.4 Å². The second-order valence-corrected chi connectivity index (χ2v) is 7.47. The van der Waals surface area contributed by atoms with Crippen molar-refractivity contribution >= 4 is 23.4 Å². The fraction of sp³-hybridized carbons (Fsp3) is 0.526. The van der Waals surface area contributed by atoms with Crippen molar-refractivity contribution in [3.8, 4) is 0 Å². The minimum absolute atomic E-state index is 0.643. The van der Waals surface area contributed by atoms with Crippen LogP contribution < -0.4 is 14.7 Å². The molecule has 0 N–H and O–H groups in total. The first-order valence-electron chi connectivity index (χ1n) is 10.0. The van der Waals surface area contributed by atoms with Crippen LogP contribution in [-0.4, -0.2) is 82.0 Å². The van der Waals surface area contributed by atoms with Gasteiger partial charge in [0.15, 0.2) is 0 Å². The van der Waals surface area contributed by atoms with Crippen LogP contribution in [0.2, 0.25) is 0 Å². The van der Waals surface area contributed by atoms with Gasteiger partial charge in [-0.25, -0.2) is 9.97 Å². The Morgan fingerprint density at radius 1 is 0.793 bits per heavy atom. The lowest BCUT2D eigenvalue weighted by molar-refractivity contribution is 0.122. The molecule has 3 aromatic heterocycles. The van der Waals surface area contributed by atoms with Crippen LogP contribution in [0.1, 0.15) is 11.4 Å². The van der Waals surface area contributed by atoms with Gasteiger partial charge in [0.2, 0.25) is 5.95 Å². The normalized spacial score (nSPS) is 17.9. The van der Waals surface area contributed by atoms with Crippen molar-refractivity contribution in [2.45, 2.75) is 13.8 Å². The zero-order valence-electron chi connectivity index (χ0n) is 16.8. The Labute approximate surface area is 169 Å². The van der Waals surface area contributed by atoms with Crippen LogP contribution in [0.4, 0.5) is 17.6 Å². The molecule has 0 amide bonds. The minimum Gasteiger partial charge on any atom is -0.378 e. The summed E-state index contributed by atoms with van der Waals surface area (Å²) in [6.07, 6.45) is 1.55. The summed E-state index contributed by atoms with van der Waals surface area (Å²) in [5.41, 5.74) is 1.94. The lowest BCUT2D eigenvalue weighted by Gasteiger charge is -2.37. The van der Waals surface area contributed by atoms with Crippen molar-refractivity contribution in [1.29, 1.82) is 0 Å². The Morgan fingerprint density at radius 3 is 2.31 bits per heavy atom. The Kier molecular flexibility index (Phi) is 4.62.